The van der Waals surface area contributed by atoms with Crippen LogP contribution < -0.4 is 14.9 Å². The maximum Gasteiger partial charge on any atom is 0.154 e. The predicted molar refractivity (Wildman–Crippen MR) is 138 cm³/mol. The highest BCUT2D eigenvalue weighted by Crippen LogP contribution is 2.30. The third-order valence-corrected chi connectivity index (χ3v) is 5.92. The number of ether oxygens (including phenoxy) is 2. The van der Waals surface area contributed by atoms with Gasteiger partial charge in [-0.1, -0.05) is 48.0 Å². The summed E-state index contributed by atoms with van der Waals surface area (Å²) in [5, 5.41) is 5.42. The smallest absolute Gasteiger partial charge is 0.154 e. The van der Waals surface area contributed by atoms with Gasteiger partial charge in [0, 0.05) is 21.7 Å². The van der Waals surface area contributed by atoms with E-state index in [0.29, 0.717) is 10.9 Å². The van der Waals surface area contributed by atoms with Gasteiger partial charge in [0.15, 0.2) is 5.84 Å². The maximum absolute atomic E-state index is 6.06. The zero-order valence-corrected chi connectivity index (χ0v) is 19.5. The Kier molecular flexibility index (Phi) is 6.02. The van der Waals surface area contributed by atoms with Crippen molar-refractivity contribution >= 4 is 28.8 Å². The Morgan fingerprint density at radius 3 is 1.85 bits per heavy atom. The number of hydrogen-bond acceptors (Lipinski definition) is 5. The summed E-state index contributed by atoms with van der Waals surface area (Å²) in [6, 6.07) is 29.6. The van der Waals surface area contributed by atoms with Gasteiger partial charge in [-0.15, -0.1) is 0 Å². The van der Waals surface area contributed by atoms with Crippen LogP contribution in [-0.2, 0) is 0 Å². The minimum Gasteiger partial charge on any atom is -0.497 e. The van der Waals surface area contributed by atoms with E-state index in [1.807, 2.05) is 66.7 Å². The second kappa shape index (κ2) is 9.41. The third-order valence-electron chi connectivity index (χ3n) is 5.66. The highest BCUT2D eigenvalue weighted by Gasteiger charge is 2.18. The molecule has 4 aromatic rings. The molecule has 34 heavy (non-hydrogen) atoms. The Labute approximate surface area is 203 Å². The van der Waals surface area contributed by atoms with Crippen LogP contribution in [0, 0.1) is 0 Å². The van der Waals surface area contributed by atoms with Crippen LogP contribution in [0.3, 0.4) is 0 Å². The number of nitrogens with one attached hydrogen (secondary N) is 1. The molecule has 4 aromatic carbocycles. The third kappa shape index (κ3) is 4.38. The van der Waals surface area contributed by atoms with Gasteiger partial charge in [-0.2, -0.15) is 5.10 Å². The first kappa shape index (κ1) is 21.7. The standard InChI is InChI=1S/C28H22ClN3O2/c1-33-23-13-9-19(10-14-23)18-3-5-20(6-4-18)27-25-17-24(34-2)15-16-26(25)30-28(32-31-27)21-7-11-22(29)12-8-21/h3-17H,1-2H3,(H,30,32). The van der Waals surface area contributed by atoms with Crippen LogP contribution in [0.15, 0.2) is 101 Å². The number of aliphatic imine (C=N–C) groups is 1. The molecular formula is C28H22ClN3O2. The number of fused-ring (bicyclic) bond motifs is 1. The SMILES string of the molecule is COc1ccc(-c2ccc(C3=NNC(c4ccc(Cl)cc4)=Nc4ccc(OC)cc43)cc2)cc1. The fraction of sp³-hybridized carbons (Fsp3) is 0.0714. The van der Waals surface area contributed by atoms with Crippen molar-refractivity contribution in [2.45, 2.75) is 0 Å². The monoisotopic (exact) mass is 467 g/mol. The molecule has 0 aliphatic carbocycles. The van der Waals surface area contributed by atoms with Crippen molar-refractivity contribution in [2.75, 3.05) is 14.2 Å². The number of hydrazone groups is 1. The molecule has 1 heterocycles. The molecule has 0 bridgehead atoms. The van der Waals surface area contributed by atoms with Crippen LogP contribution in [0.5, 0.6) is 11.5 Å². The van der Waals surface area contributed by atoms with Gasteiger partial charge >= 0.3 is 0 Å². The topological polar surface area (TPSA) is 55.2 Å². The highest BCUT2D eigenvalue weighted by atomic mass is 35.5. The summed E-state index contributed by atoms with van der Waals surface area (Å²) in [4.78, 5) is 4.85. The molecule has 0 saturated carbocycles. The van der Waals surface area contributed by atoms with E-state index in [-0.39, 0.29) is 0 Å². The van der Waals surface area contributed by atoms with E-state index in [1.54, 1.807) is 14.2 Å². The van der Waals surface area contributed by atoms with Gasteiger partial charge in [0.2, 0.25) is 0 Å². The minimum absolute atomic E-state index is 0.646. The van der Waals surface area contributed by atoms with Crippen LogP contribution in [0.4, 0.5) is 5.69 Å². The molecule has 0 amide bonds. The fourth-order valence-electron chi connectivity index (χ4n) is 3.80. The fourth-order valence-corrected chi connectivity index (χ4v) is 3.93. The largest absolute Gasteiger partial charge is 0.497 e. The first-order chi connectivity index (χ1) is 16.6. The number of benzene rings is 4. The number of rotatable bonds is 5. The summed E-state index contributed by atoms with van der Waals surface area (Å²) in [7, 11) is 3.32. The summed E-state index contributed by atoms with van der Waals surface area (Å²) in [6.45, 7) is 0. The van der Waals surface area contributed by atoms with Crippen LogP contribution in [0.25, 0.3) is 11.1 Å². The number of hydrogen-bond donors (Lipinski definition) is 1. The van der Waals surface area contributed by atoms with Crippen molar-refractivity contribution in [3.05, 3.63) is 113 Å². The van der Waals surface area contributed by atoms with Crippen molar-refractivity contribution in [3.8, 4) is 22.6 Å². The Bertz CT molecular complexity index is 1380. The Hall–Kier alpha value is -4.09. The van der Waals surface area contributed by atoms with Crippen LogP contribution >= 0.6 is 11.6 Å². The normalized spacial score (nSPS) is 12.6. The lowest BCUT2D eigenvalue weighted by Gasteiger charge is -2.11. The number of methoxy groups -OCH3 is 2. The van der Waals surface area contributed by atoms with Gasteiger partial charge in [-0.25, -0.2) is 4.99 Å². The van der Waals surface area contributed by atoms with Crippen LogP contribution in [0.1, 0.15) is 16.7 Å². The highest BCUT2D eigenvalue weighted by molar-refractivity contribution is 6.30. The molecule has 1 aliphatic rings. The molecule has 6 heteroatoms. The zero-order valence-electron chi connectivity index (χ0n) is 18.7. The molecular weight excluding hydrogens is 446 g/mol. The lowest BCUT2D eigenvalue weighted by molar-refractivity contribution is 0.414. The van der Waals surface area contributed by atoms with Gasteiger partial charge in [0.1, 0.15) is 17.2 Å². The summed E-state index contributed by atoms with van der Waals surface area (Å²) in [5.74, 6) is 2.22. The van der Waals surface area contributed by atoms with Gasteiger partial charge in [-0.3, -0.25) is 5.43 Å². The average molecular weight is 468 g/mol. The van der Waals surface area contributed by atoms with Crippen molar-refractivity contribution < 1.29 is 9.47 Å². The van der Waals surface area contributed by atoms with Gasteiger partial charge in [-0.05, 0) is 65.7 Å². The van der Waals surface area contributed by atoms with Crippen LogP contribution in [-0.4, -0.2) is 25.8 Å². The Balaban J connectivity index is 1.54. The van der Waals surface area contributed by atoms with Crippen molar-refractivity contribution in [2.24, 2.45) is 10.1 Å². The molecule has 1 aliphatic heterocycles. The molecule has 5 rings (SSSR count). The molecule has 1 N–H and O–H groups in total. The summed E-state index contributed by atoms with van der Waals surface area (Å²) >= 11 is 6.06. The Morgan fingerprint density at radius 1 is 0.647 bits per heavy atom. The number of halogens is 1. The quantitative estimate of drug-likeness (QED) is 0.366. The van der Waals surface area contributed by atoms with E-state index >= 15 is 0 Å². The van der Waals surface area contributed by atoms with Gasteiger partial charge in [0.05, 0.1) is 19.9 Å². The van der Waals surface area contributed by atoms with Crippen molar-refractivity contribution in [3.63, 3.8) is 0 Å². The Morgan fingerprint density at radius 2 is 1.21 bits per heavy atom. The van der Waals surface area contributed by atoms with E-state index in [1.165, 1.54) is 0 Å². The molecule has 0 saturated heterocycles. The molecule has 0 spiro atoms. The average Bonchev–Trinajstić information content (AvgIpc) is 3.08. The van der Waals surface area contributed by atoms with E-state index < -0.39 is 0 Å². The van der Waals surface area contributed by atoms with E-state index in [2.05, 4.69) is 29.7 Å². The minimum atomic E-state index is 0.646. The van der Waals surface area contributed by atoms with E-state index in [0.717, 1.165) is 50.7 Å². The molecule has 0 aromatic heterocycles. The number of nitrogens with zero attached hydrogens (tertiary/aromatic N) is 2. The first-order valence-electron chi connectivity index (χ1n) is 10.8. The van der Waals surface area contributed by atoms with Gasteiger partial charge in [0.25, 0.3) is 0 Å². The van der Waals surface area contributed by atoms with E-state index in [9.17, 15) is 0 Å². The molecule has 0 unspecified atom stereocenters. The summed E-state index contributed by atoms with van der Waals surface area (Å²) in [5.41, 5.74) is 9.69. The lowest BCUT2D eigenvalue weighted by Crippen LogP contribution is -2.19. The molecule has 0 radical (unpaired) electrons. The summed E-state index contributed by atoms with van der Waals surface area (Å²) in [6.07, 6.45) is 0. The predicted octanol–water partition coefficient (Wildman–Crippen LogP) is 6.46. The molecule has 5 nitrogen and oxygen atoms in total. The summed E-state index contributed by atoms with van der Waals surface area (Å²) < 4.78 is 10.7. The second-order valence-electron chi connectivity index (χ2n) is 7.73. The van der Waals surface area contributed by atoms with E-state index in [4.69, 9.17) is 31.2 Å². The van der Waals surface area contributed by atoms with Gasteiger partial charge < -0.3 is 9.47 Å². The lowest BCUT2D eigenvalue weighted by atomic mass is 9.97. The molecule has 0 atom stereocenters. The molecule has 0 fully saturated rings. The second-order valence-corrected chi connectivity index (χ2v) is 8.16. The van der Waals surface area contributed by atoms with Crippen LogP contribution in [0.2, 0.25) is 5.02 Å². The maximum atomic E-state index is 6.06. The first-order valence-corrected chi connectivity index (χ1v) is 11.1. The van der Waals surface area contributed by atoms with Crippen molar-refractivity contribution in [1.29, 1.82) is 0 Å². The number of amidine groups is 1. The van der Waals surface area contributed by atoms with Crippen molar-refractivity contribution in [1.82, 2.24) is 5.43 Å². The zero-order chi connectivity index (χ0) is 23.5. The molecule has 168 valence electrons.